The summed E-state index contributed by atoms with van der Waals surface area (Å²) in [6.07, 6.45) is 7.13. The van der Waals surface area contributed by atoms with E-state index >= 15 is 0 Å². The Morgan fingerprint density at radius 3 is 2.96 bits per heavy atom. The lowest BCUT2D eigenvalue weighted by atomic mass is 9.89. The number of unbranched alkanes of at least 4 members (excludes halogenated alkanes) is 1. The first-order chi connectivity index (χ1) is 13.1. The lowest BCUT2D eigenvalue weighted by Gasteiger charge is -2.44. The maximum absolute atomic E-state index is 13.5. The summed E-state index contributed by atoms with van der Waals surface area (Å²) < 4.78 is 19.4. The van der Waals surface area contributed by atoms with Crippen molar-refractivity contribution in [1.29, 1.82) is 0 Å². The van der Waals surface area contributed by atoms with E-state index in [0.29, 0.717) is 12.1 Å². The molecule has 1 saturated carbocycles. The largest absolute Gasteiger partial charge is 0.482 e. The summed E-state index contributed by atoms with van der Waals surface area (Å²) in [5.41, 5.74) is 0.569. The van der Waals surface area contributed by atoms with Crippen molar-refractivity contribution < 1.29 is 18.7 Å². The molecule has 0 spiro atoms. The van der Waals surface area contributed by atoms with E-state index < -0.39 is 0 Å². The number of nitrogens with one attached hydrogen (secondary N) is 1. The first kappa shape index (κ1) is 19.4. The molecule has 1 aromatic carbocycles. The number of ether oxygens (including phenoxy) is 1. The zero-order valence-electron chi connectivity index (χ0n) is 15.7. The molecule has 3 rings (SSSR count). The Morgan fingerprint density at radius 2 is 2.19 bits per heavy atom. The van der Waals surface area contributed by atoms with Gasteiger partial charge in [-0.3, -0.25) is 9.59 Å². The van der Waals surface area contributed by atoms with Gasteiger partial charge in [-0.25, -0.2) is 4.39 Å². The topological polar surface area (TPSA) is 58.6 Å². The van der Waals surface area contributed by atoms with Crippen LogP contribution in [0.1, 0.15) is 51.0 Å². The van der Waals surface area contributed by atoms with E-state index in [1.807, 2.05) is 0 Å². The summed E-state index contributed by atoms with van der Waals surface area (Å²) in [5.74, 6) is -0.624. The molecule has 0 aromatic heterocycles. The normalized spacial score (nSPS) is 23.7. The fourth-order valence-electron chi connectivity index (χ4n) is 3.72. The van der Waals surface area contributed by atoms with Gasteiger partial charge in [-0.1, -0.05) is 31.9 Å². The van der Waals surface area contributed by atoms with Crippen molar-refractivity contribution in [3.63, 3.8) is 0 Å². The molecule has 2 atom stereocenters. The van der Waals surface area contributed by atoms with Crippen LogP contribution in [0.25, 0.3) is 6.08 Å². The lowest BCUT2D eigenvalue weighted by Crippen LogP contribution is -2.57. The standard InChI is InChI=1S/C21H27FN2O3/c1-2-3-11-23-20(25)14-24-17-9-4-5-10-18(17)27-19(21(24)26)13-15-7-6-8-16(22)12-15/h6-8,12-13,17-18H,2-5,9-11,14H2,1H3,(H,23,25)/b19-13+. The Kier molecular flexibility index (Phi) is 6.48. The zero-order valence-corrected chi connectivity index (χ0v) is 15.7. The van der Waals surface area contributed by atoms with Gasteiger partial charge < -0.3 is 15.0 Å². The number of carbonyl (C=O) groups excluding carboxylic acids is 2. The second-order valence-corrected chi connectivity index (χ2v) is 7.21. The van der Waals surface area contributed by atoms with Gasteiger partial charge >= 0.3 is 0 Å². The molecule has 2 fully saturated rings. The maximum atomic E-state index is 13.5. The van der Waals surface area contributed by atoms with Crippen molar-refractivity contribution in [3.8, 4) is 0 Å². The minimum absolute atomic E-state index is 0.0353. The minimum atomic E-state index is -0.365. The van der Waals surface area contributed by atoms with Gasteiger partial charge in [0.2, 0.25) is 5.91 Å². The van der Waals surface area contributed by atoms with E-state index in [4.69, 9.17) is 4.74 Å². The van der Waals surface area contributed by atoms with E-state index in [0.717, 1.165) is 38.5 Å². The van der Waals surface area contributed by atoms with Crippen LogP contribution in [0.4, 0.5) is 4.39 Å². The fourth-order valence-corrected chi connectivity index (χ4v) is 3.72. The predicted octanol–water partition coefficient (Wildman–Crippen LogP) is 3.25. The highest BCUT2D eigenvalue weighted by atomic mass is 19.1. The van der Waals surface area contributed by atoms with Crippen molar-refractivity contribution in [2.24, 2.45) is 0 Å². The molecule has 146 valence electrons. The second kappa shape index (κ2) is 9.02. The van der Waals surface area contributed by atoms with Crippen LogP contribution in [-0.4, -0.2) is 41.9 Å². The van der Waals surface area contributed by atoms with Crippen molar-refractivity contribution in [1.82, 2.24) is 10.2 Å². The summed E-state index contributed by atoms with van der Waals surface area (Å²) in [4.78, 5) is 26.9. The van der Waals surface area contributed by atoms with Gasteiger partial charge in [-0.2, -0.15) is 0 Å². The molecule has 6 heteroatoms. The van der Waals surface area contributed by atoms with Gasteiger partial charge in [0.15, 0.2) is 5.76 Å². The number of rotatable bonds is 6. The third-order valence-corrected chi connectivity index (χ3v) is 5.13. The van der Waals surface area contributed by atoms with Gasteiger partial charge in [0.05, 0.1) is 6.04 Å². The molecule has 1 saturated heterocycles. The lowest BCUT2D eigenvalue weighted by molar-refractivity contribution is -0.151. The first-order valence-corrected chi connectivity index (χ1v) is 9.80. The van der Waals surface area contributed by atoms with Crippen LogP contribution in [0.3, 0.4) is 0 Å². The van der Waals surface area contributed by atoms with E-state index in [9.17, 15) is 14.0 Å². The number of halogens is 1. The molecule has 5 nitrogen and oxygen atoms in total. The molecular weight excluding hydrogens is 347 g/mol. The zero-order chi connectivity index (χ0) is 19.2. The second-order valence-electron chi connectivity index (χ2n) is 7.21. The highest BCUT2D eigenvalue weighted by Gasteiger charge is 2.42. The Bertz CT molecular complexity index is 719. The molecule has 1 aliphatic carbocycles. The first-order valence-electron chi connectivity index (χ1n) is 9.80. The average molecular weight is 374 g/mol. The average Bonchev–Trinajstić information content (AvgIpc) is 2.65. The molecule has 0 radical (unpaired) electrons. The van der Waals surface area contributed by atoms with Crippen LogP contribution in [0.2, 0.25) is 0 Å². The monoisotopic (exact) mass is 374 g/mol. The minimum Gasteiger partial charge on any atom is -0.482 e. The van der Waals surface area contributed by atoms with Gasteiger partial charge in [0.1, 0.15) is 18.5 Å². The van der Waals surface area contributed by atoms with Gasteiger partial charge in [0.25, 0.3) is 5.91 Å². The number of morpholine rings is 1. The van der Waals surface area contributed by atoms with E-state index in [1.54, 1.807) is 23.1 Å². The molecule has 2 unspecified atom stereocenters. The SMILES string of the molecule is CCCCNC(=O)CN1C(=O)/C(=C\c2cccc(F)c2)OC2CCCCC21. The highest BCUT2D eigenvalue weighted by Crippen LogP contribution is 2.33. The number of hydrogen-bond acceptors (Lipinski definition) is 3. The van der Waals surface area contributed by atoms with Gasteiger partial charge in [-0.05, 0) is 49.5 Å². The molecule has 1 N–H and O–H groups in total. The maximum Gasteiger partial charge on any atom is 0.289 e. The van der Waals surface area contributed by atoms with Crippen molar-refractivity contribution >= 4 is 17.9 Å². The third-order valence-electron chi connectivity index (χ3n) is 5.13. The van der Waals surface area contributed by atoms with Gasteiger partial charge in [0, 0.05) is 6.54 Å². The molecule has 0 bridgehead atoms. The molecule has 2 aliphatic rings. The van der Waals surface area contributed by atoms with Crippen molar-refractivity contribution in [2.75, 3.05) is 13.1 Å². The van der Waals surface area contributed by atoms with Crippen LogP contribution >= 0.6 is 0 Å². The van der Waals surface area contributed by atoms with Gasteiger partial charge in [-0.15, -0.1) is 0 Å². The Hall–Kier alpha value is -2.37. The molecule has 27 heavy (non-hydrogen) atoms. The quantitative estimate of drug-likeness (QED) is 0.614. The molecule has 2 amide bonds. The number of amides is 2. The Labute approximate surface area is 159 Å². The van der Waals surface area contributed by atoms with Crippen LogP contribution < -0.4 is 5.32 Å². The van der Waals surface area contributed by atoms with E-state index in [-0.39, 0.29) is 42.1 Å². The van der Waals surface area contributed by atoms with Crippen LogP contribution in [0.5, 0.6) is 0 Å². The Balaban J connectivity index is 1.79. The van der Waals surface area contributed by atoms with Crippen molar-refractivity contribution in [3.05, 3.63) is 41.4 Å². The Morgan fingerprint density at radius 1 is 1.37 bits per heavy atom. The molecule has 1 heterocycles. The predicted molar refractivity (Wildman–Crippen MR) is 101 cm³/mol. The number of carbonyl (C=O) groups is 2. The van der Waals surface area contributed by atoms with Crippen LogP contribution in [0, 0.1) is 5.82 Å². The van der Waals surface area contributed by atoms with Crippen molar-refractivity contribution in [2.45, 2.75) is 57.6 Å². The summed E-state index contributed by atoms with van der Waals surface area (Å²) in [6.45, 7) is 2.72. The smallest absolute Gasteiger partial charge is 0.289 e. The van der Waals surface area contributed by atoms with E-state index in [1.165, 1.54) is 12.1 Å². The summed E-state index contributed by atoms with van der Waals surface area (Å²) in [6, 6.07) is 5.96. The summed E-state index contributed by atoms with van der Waals surface area (Å²) in [5, 5.41) is 2.88. The molecule has 1 aromatic rings. The number of fused-ring (bicyclic) bond motifs is 1. The highest BCUT2D eigenvalue weighted by molar-refractivity contribution is 5.98. The summed E-state index contributed by atoms with van der Waals surface area (Å²) >= 11 is 0. The van der Waals surface area contributed by atoms with Crippen LogP contribution in [-0.2, 0) is 14.3 Å². The fraction of sp³-hybridized carbons (Fsp3) is 0.524. The number of nitrogens with zero attached hydrogens (tertiary/aromatic N) is 1. The third kappa shape index (κ3) is 4.87. The summed E-state index contributed by atoms with van der Waals surface area (Å²) in [7, 11) is 0. The molecule has 1 aliphatic heterocycles. The van der Waals surface area contributed by atoms with Crippen LogP contribution in [0.15, 0.2) is 30.0 Å². The number of benzene rings is 1. The van der Waals surface area contributed by atoms with E-state index in [2.05, 4.69) is 12.2 Å². The number of hydrogen-bond donors (Lipinski definition) is 1. The molecular formula is C21H27FN2O3.